The summed E-state index contributed by atoms with van der Waals surface area (Å²) in [7, 11) is 5.06. The minimum atomic E-state index is 0.559. The van der Waals surface area contributed by atoms with Crippen molar-refractivity contribution < 1.29 is 13.9 Å². The Balaban J connectivity index is 1.93. The number of rotatable bonds is 5. The minimum Gasteiger partial charge on any atom is -0.494 e. The number of hydrogen-bond acceptors (Lipinski definition) is 6. The van der Waals surface area contributed by atoms with Gasteiger partial charge in [-0.15, -0.1) is 0 Å². The van der Waals surface area contributed by atoms with E-state index in [0.717, 1.165) is 16.8 Å². The van der Waals surface area contributed by atoms with E-state index in [1.54, 1.807) is 20.4 Å². The average Bonchev–Trinajstić information content (AvgIpc) is 2.96. The SMILES string of the molecule is CNc1cc(OC)c2nc(Cc3ccc(OC)nc3)oc2c1. The van der Waals surface area contributed by atoms with Crippen LogP contribution in [0.3, 0.4) is 0 Å². The van der Waals surface area contributed by atoms with Crippen LogP contribution in [-0.2, 0) is 6.42 Å². The van der Waals surface area contributed by atoms with Gasteiger partial charge in [0.25, 0.3) is 0 Å². The third-order valence-corrected chi connectivity index (χ3v) is 3.37. The summed E-state index contributed by atoms with van der Waals surface area (Å²) in [6.45, 7) is 0. The van der Waals surface area contributed by atoms with Crippen LogP contribution >= 0.6 is 0 Å². The molecule has 2 heterocycles. The lowest BCUT2D eigenvalue weighted by molar-refractivity contribution is 0.397. The maximum Gasteiger partial charge on any atom is 0.212 e. The maximum absolute atomic E-state index is 5.82. The van der Waals surface area contributed by atoms with Gasteiger partial charge < -0.3 is 19.2 Å². The molecule has 0 bridgehead atoms. The zero-order chi connectivity index (χ0) is 15.5. The second kappa shape index (κ2) is 5.93. The normalized spacial score (nSPS) is 10.7. The van der Waals surface area contributed by atoms with Crippen molar-refractivity contribution >= 4 is 16.8 Å². The fraction of sp³-hybridized carbons (Fsp3) is 0.250. The fourth-order valence-electron chi connectivity index (χ4n) is 2.23. The molecule has 6 nitrogen and oxygen atoms in total. The van der Waals surface area contributed by atoms with Crippen molar-refractivity contribution in [2.45, 2.75) is 6.42 Å². The fourth-order valence-corrected chi connectivity index (χ4v) is 2.23. The molecular formula is C16H17N3O3. The molecule has 0 radical (unpaired) electrons. The first-order chi connectivity index (χ1) is 10.7. The second-order valence-electron chi connectivity index (χ2n) is 4.77. The molecule has 6 heteroatoms. The van der Waals surface area contributed by atoms with Crippen molar-refractivity contribution in [1.29, 1.82) is 0 Å². The monoisotopic (exact) mass is 299 g/mol. The Morgan fingerprint density at radius 3 is 2.68 bits per heavy atom. The van der Waals surface area contributed by atoms with Gasteiger partial charge in [-0.05, 0) is 5.56 Å². The molecule has 0 saturated heterocycles. The van der Waals surface area contributed by atoms with Gasteiger partial charge in [-0.2, -0.15) is 0 Å². The van der Waals surface area contributed by atoms with E-state index in [0.29, 0.717) is 29.5 Å². The summed E-state index contributed by atoms with van der Waals surface area (Å²) in [6, 6.07) is 7.55. The van der Waals surface area contributed by atoms with E-state index >= 15 is 0 Å². The van der Waals surface area contributed by atoms with Crippen LogP contribution in [0.5, 0.6) is 11.6 Å². The number of hydrogen-bond donors (Lipinski definition) is 1. The molecule has 0 aliphatic rings. The Kier molecular flexibility index (Phi) is 3.82. The number of nitrogens with one attached hydrogen (secondary N) is 1. The number of benzene rings is 1. The Bertz CT molecular complexity index is 781. The summed E-state index contributed by atoms with van der Waals surface area (Å²) in [5, 5.41) is 3.07. The van der Waals surface area contributed by atoms with Crippen molar-refractivity contribution in [3.05, 3.63) is 41.9 Å². The Morgan fingerprint density at radius 2 is 2.05 bits per heavy atom. The number of pyridine rings is 1. The van der Waals surface area contributed by atoms with Crippen LogP contribution in [-0.4, -0.2) is 31.2 Å². The summed E-state index contributed by atoms with van der Waals surface area (Å²) >= 11 is 0. The van der Waals surface area contributed by atoms with Crippen molar-refractivity contribution in [3.8, 4) is 11.6 Å². The molecule has 0 unspecified atom stereocenters. The van der Waals surface area contributed by atoms with Crippen LogP contribution < -0.4 is 14.8 Å². The van der Waals surface area contributed by atoms with Gasteiger partial charge in [-0.1, -0.05) is 6.07 Å². The van der Waals surface area contributed by atoms with Crippen molar-refractivity contribution in [2.24, 2.45) is 0 Å². The van der Waals surface area contributed by atoms with E-state index in [1.807, 2.05) is 31.3 Å². The largest absolute Gasteiger partial charge is 0.494 e. The molecule has 1 N–H and O–H groups in total. The van der Waals surface area contributed by atoms with Gasteiger partial charge in [0.15, 0.2) is 22.7 Å². The highest BCUT2D eigenvalue weighted by Gasteiger charge is 2.13. The van der Waals surface area contributed by atoms with E-state index < -0.39 is 0 Å². The predicted molar refractivity (Wildman–Crippen MR) is 83.7 cm³/mol. The van der Waals surface area contributed by atoms with Crippen LogP contribution in [0.2, 0.25) is 0 Å². The van der Waals surface area contributed by atoms with Crippen LogP contribution in [0.4, 0.5) is 5.69 Å². The third-order valence-electron chi connectivity index (χ3n) is 3.37. The zero-order valence-electron chi connectivity index (χ0n) is 12.7. The molecule has 3 aromatic rings. The van der Waals surface area contributed by atoms with Crippen LogP contribution in [0.25, 0.3) is 11.1 Å². The zero-order valence-corrected chi connectivity index (χ0v) is 12.7. The summed E-state index contributed by atoms with van der Waals surface area (Å²) in [4.78, 5) is 8.70. The van der Waals surface area contributed by atoms with Crippen LogP contribution in [0.1, 0.15) is 11.5 Å². The molecular weight excluding hydrogens is 282 g/mol. The van der Waals surface area contributed by atoms with Crippen LogP contribution in [0, 0.1) is 0 Å². The van der Waals surface area contributed by atoms with Crippen LogP contribution in [0.15, 0.2) is 34.9 Å². The number of nitrogens with zero attached hydrogens (tertiary/aromatic N) is 2. The lowest BCUT2D eigenvalue weighted by Crippen LogP contribution is -1.92. The summed E-state index contributed by atoms with van der Waals surface area (Å²) in [6.07, 6.45) is 2.31. The summed E-state index contributed by atoms with van der Waals surface area (Å²) in [5.74, 6) is 1.89. The molecule has 0 saturated carbocycles. The van der Waals surface area contributed by atoms with E-state index in [4.69, 9.17) is 13.9 Å². The molecule has 0 aliphatic heterocycles. The molecule has 0 fully saturated rings. The molecule has 0 amide bonds. The number of ether oxygens (including phenoxy) is 2. The van der Waals surface area contributed by atoms with Gasteiger partial charge in [-0.3, -0.25) is 0 Å². The predicted octanol–water partition coefficient (Wildman–Crippen LogP) is 2.87. The Morgan fingerprint density at radius 1 is 1.18 bits per heavy atom. The lowest BCUT2D eigenvalue weighted by atomic mass is 10.2. The first kappa shape index (κ1) is 14.2. The quantitative estimate of drug-likeness (QED) is 0.781. The summed E-state index contributed by atoms with van der Waals surface area (Å²) < 4.78 is 16.2. The lowest BCUT2D eigenvalue weighted by Gasteiger charge is -2.03. The van der Waals surface area contributed by atoms with Gasteiger partial charge in [0.1, 0.15) is 0 Å². The average molecular weight is 299 g/mol. The maximum atomic E-state index is 5.82. The van der Waals surface area contributed by atoms with Crippen molar-refractivity contribution in [1.82, 2.24) is 9.97 Å². The standard InChI is InChI=1S/C16H17N3O3/c1-17-11-7-12(20-2)16-13(8-11)22-15(19-16)6-10-4-5-14(21-3)18-9-10/h4-5,7-9,17H,6H2,1-3H3. The van der Waals surface area contributed by atoms with E-state index in [1.165, 1.54) is 0 Å². The third kappa shape index (κ3) is 2.67. The Hall–Kier alpha value is -2.76. The molecule has 22 heavy (non-hydrogen) atoms. The molecule has 0 spiro atoms. The number of fused-ring (bicyclic) bond motifs is 1. The molecule has 2 aromatic heterocycles. The first-order valence-corrected chi connectivity index (χ1v) is 6.87. The van der Waals surface area contributed by atoms with E-state index in [9.17, 15) is 0 Å². The molecule has 0 atom stereocenters. The highest BCUT2D eigenvalue weighted by atomic mass is 16.5. The summed E-state index contributed by atoms with van der Waals surface area (Å²) in [5.41, 5.74) is 3.33. The molecule has 3 rings (SSSR count). The second-order valence-corrected chi connectivity index (χ2v) is 4.77. The smallest absolute Gasteiger partial charge is 0.212 e. The van der Waals surface area contributed by atoms with Crippen molar-refractivity contribution in [3.63, 3.8) is 0 Å². The molecule has 0 aliphatic carbocycles. The van der Waals surface area contributed by atoms with Gasteiger partial charge in [-0.25, -0.2) is 9.97 Å². The van der Waals surface area contributed by atoms with E-state index in [-0.39, 0.29) is 0 Å². The highest BCUT2D eigenvalue weighted by Crippen LogP contribution is 2.30. The van der Waals surface area contributed by atoms with E-state index in [2.05, 4.69) is 15.3 Å². The topological polar surface area (TPSA) is 69.4 Å². The number of methoxy groups -OCH3 is 2. The van der Waals surface area contributed by atoms with Gasteiger partial charge >= 0.3 is 0 Å². The van der Waals surface area contributed by atoms with Crippen molar-refractivity contribution in [2.75, 3.05) is 26.6 Å². The first-order valence-electron chi connectivity index (χ1n) is 6.87. The number of oxazole rings is 1. The minimum absolute atomic E-state index is 0.559. The van der Waals surface area contributed by atoms with Gasteiger partial charge in [0.05, 0.1) is 20.6 Å². The highest BCUT2D eigenvalue weighted by molar-refractivity contribution is 5.84. The van der Waals surface area contributed by atoms with Gasteiger partial charge in [0.2, 0.25) is 5.88 Å². The molecule has 114 valence electrons. The number of aromatic nitrogens is 2. The molecule has 1 aromatic carbocycles. The number of anilines is 1. The Labute approximate surface area is 128 Å². The van der Waals surface area contributed by atoms with Gasteiger partial charge in [0, 0.05) is 37.1 Å².